The minimum absolute atomic E-state index is 0.0183. The number of alkyl halides is 1. The Morgan fingerprint density at radius 2 is 2.04 bits per heavy atom. The second-order valence-corrected chi connectivity index (χ2v) is 6.27. The van der Waals surface area contributed by atoms with Crippen molar-refractivity contribution in [1.82, 2.24) is 20.1 Å². The van der Waals surface area contributed by atoms with Crippen molar-refractivity contribution in [3.63, 3.8) is 0 Å². The second kappa shape index (κ2) is 7.01. The Labute approximate surface area is 158 Å². The van der Waals surface area contributed by atoms with Gasteiger partial charge in [-0.15, -0.1) is 0 Å². The third-order valence-corrected chi connectivity index (χ3v) is 4.19. The number of ether oxygens (including phenoxy) is 1. The van der Waals surface area contributed by atoms with Gasteiger partial charge in [-0.2, -0.15) is 4.98 Å². The largest absolute Gasteiger partial charge is 0.345 e. The van der Waals surface area contributed by atoms with Gasteiger partial charge in [-0.3, -0.25) is 4.99 Å². The highest BCUT2D eigenvalue weighted by atomic mass is 19.2. The van der Waals surface area contributed by atoms with Crippen LogP contribution >= 0.6 is 0 Å². The molecule has 28 heavy (non-hydrogen) atoms. The fourth-order valence-electron chi connectivity index (χ4n) is 2.79. The van der Waals surface area contributed by atoms with E-state index in [1.165, 1.54) is 19.2 Å². The Morgan fingerprint density at radius 1 is 1.18 bits per heavy atom. The minimum Gasteiger partial charge on any atom is -0.345 e. The smallest absolute Gasteiger partial charge is 0.276 e. The number of methoxy groups -OCH3 is 1. The van der Waals surface area contributed by atoms with E-state index in [0.717, 1.165) is 18.0 Å². The van der Waals surface area contributed by atoms with E-state index < -0.39 is 11.7 Å². The van der Waals surface area contributed by atoms with Crippen molar-refractivity contribution >= 4 is 11.8 Å². The molecule has 3 aromatic heterocycles. The molecule has 1 aliphatic rings. The molecule has 1 atom stereocenters. The second-order valence-electron chi connectivity index (χ2n) is 6.27. The molecule has 7 nitrogen and oxygen atoms in total. The third kappa shape index (κ3) is 3.56. The molecule has 0 bridgehead atoms. The fourth-order valence-corrected chi connectivity index (χ4v) is 2.79. The van der Waals surface area contributed by atoms with Gasteiger partial charge in [0.25, 0.3) is 5.89 Å². The number of pyridine rings is 2. The molecule has 0 saturated heterocycles. The molecular weight excluding hydrogens is 368 g/mol. The summed E-state index contributed by atoms with van der Waals surface area (Å²) in [6, 6.07) is 6.24. The lowest BCUT2D eigenvalue weighted by Gasteiger charge is -2.23. The maximum Gasteiger partial charge on any atom is 0.276 e. The van der Waals surface area contributed by atoms with Gasteiger partial charge in [0.05, 0.1) is 12.4 Å². The summed E-state index contributed by atoms with van der Waals surface area (Å²) in [5.41, 5.74) is 2.85. The Balaban J connectivity index is 1.68. The molecule has 0 spiro atoms. The van der Waals surface area contributed by atoms with E-state index in [1.807, 2.05) is 6.07 Å². The number of rotatable bonds is 4. The van der Waals surface area contributed by atoms with E-state index >= 15 is 0 Å². The van der Waals surface area contributed by atoms with Gasteiger partial charge < -0.3 is 9.26 Å². The van der Waals surface area contributed by atoms with Gasteiger partial charge in [-0.1, -0.05) is 5.16 Å². The van der Waals surface area contributed by atoms with Crippen LogP contribution in [0.25, 0.3) is 28.7 Å². The van der Waals surface area contributed by atoms with Gasteiger partial charge >= 0.3 is 0 Å². The summed E-state index contributed by atoms with van der Waals surface area (Å²) in [7, 11) is 1.29. The number of aliphatic imine (C=N–C) groups is 1. The van der Waals surface area contributed by atoms with Crippen molar-refractivity contribution in [1.29, 1.82) is 0 Å². The normalized spacial score (nSPS) is 18.9. The average Bonchev–Trinajstić information content (AvgIpc) is 3.18. The molecule has 0 saturated carbocycles. The van der Waals surface area contributed by atoms with Gasteiger partial charge in [0.15, 0.2) is 0 Å². The van der Waals surface area contributed by atoms with Crippen LogP contribution in [-0.2, 0) is 4.74 Å². The Kier molecular flexibility index (Phi) is 4.52. The zero-order chi connectivity index (χ0) is 19.7. The van der Waals surface area contributed by atoms with E-state index in [1.54, 1.807) is 19.2 Å². The minimum atomic E-state index is -1.95. The van der Waals surface area contributed by atoms with E-state index in [2.05, 4.69) is 25.1 Å². The first-order chi connectivity index (χ1) is 13.5. The molecule has 0 aromatic carbocycles. The van der Waals surface area contributed by atoms with Crippen molar-refractivity contribution in [2.45, 2.75) is 19.2 Å². The van der Waals surface area contributed by atoms with Crippen molar-refractivity contribution in [2.75, 3.05) is 7.11 Å². The maximum absolute atomic E-state index is 14.5. The van der Waals surface area contributed by atoms with Gasteiger partial charge in [-0.25, -0.2) is 18.7 Å². The summed E-state index contributed by atoms with van der Waals surface area (Å²) in [6.07, 6.45) is 3.80. The summed E-state index contributed by atoms with van der Waals surface area (Å²) < 4.78 is 37.7. The highest BCUT2D eigenvalue weighted by Gasteiger charge is 2.31. The molecule has 0 amide bonds. The summed E-state index contributed by atoms with van der Waals surface area (Å²) in [4.78, 5) is 16.6. The van der Waals surface area contributed by atoms with Gasteiger partial charge in [0.1, 0.15) is 17.2 Å². The first-order valence-corrected chi connectivity index (χ1v) is 8.38. The number of aromatic nitrogens is 4. The van der Waals surface area contributed by atoms with Crippen LogP contribution in [-0.4, -0.2) is 39.3 Å². The van der Waals surface area contributed by atoms with Crippen molar-refractivity contribution < 1.29 is 18.0 Å². The van der Waals surface area contributed by atoms with Crippen LogP contribution in [0, 0.1) is 12.7 Å². The summed E-state index contributed by atoms with van der Waals surface area (Å²) in [6.45, 7) is 1.80. The first-order valence-electron chi connectivity index (χ1n) is 8.38. The molecule has 0 radical (unpaired) electrons. The van der Waals surface area contributed by atoms with Crippen LogP contribution in [0.5, 0.6) is 0 Å². The average molecular weight is 383 g/mol. The van der Waals surface area contributed by atoms with Crippen LogP contribution in [0.15, 0.2) is 46.2 Å². The number of hydrogen-bond acceptors (Lipinski definition) is 7. The Morgan fingerprint density at radius 3 is 2.79 bits per heavy atom. The molecule has 0 N–H and O–H groups in total. The van der Waals surface area contributed by atoms with Crippen LogP contribution in [0.4, 0.5) is 8.78 Å². The number of hydrogen-bond donors (Lipinski definition) is 0. The molecule has 4 rings (SSSR count). The van der Waals surface area contributed by atoms with Gasteiger partial charge in [0.2, 0.25) is 11.7 Å². The fraction of sp³-hybridized carbons (Fsp3) is 0.211. The highest BCUT2D eigenvalue weighted by molar-refractivity contribution is 5.80. The summed E-state index contributed by atoms with van der Waals surface area (Å²) >= 11 is 0. The molecule has 3 aromatic rings. The molecule has 4 heterocycles. The lowest BCUT2D eigenvalue weighted by Crippen LogP contribution is -2.29. The Bertz CT molecular complexity index is 1080. The van der Waals surface area contributed by atoms with Crippen LogP contribution < -0.4 is 0 Å². The Hall–Kier alpha value is -3.33. The van der Waals surface area contributed by atoms with Crippen LogP contribution in [0.2, 0.25) is 0 Å². The maximum atomic E-state index is 14.5. The predicted molar refractivity (Wildman–Crippen MR) is 97.4 cm³/mol. The molecule has 9 heteroatoms. The van der Waals surface area contributed by atoms with Gasteiger partial charge in [-0.05, 0) is 42.3 Å². The molecule has 1 unspecified atom stereocenters. The number of aryl methyl sites for hydroxylation is 1. The van der Waals surface area contributed by atoms with Crippen LogP contribution in [0.1, 0.15) is 17.7 Å². The van der Waals surface area contributed by atoms with Crippen molar-refractivity contribution in [3.8, 4) is 23.1 Å². The third-order valence-electron chi connectivity index (χ3n) is 4.19. The SMILES string of the molecule is COC1(F)C=NC=C(c2cc(C)nc(-c3nc(-c4ccc(F)cn4)no3)c2)C1. The number of halogens is 2. The van der Waals surface area contributed by atoms with Crippen LogP contribution in [0.3, 0.4) is 0 Å². The molecule has 1 aliphatic heterocycles. The van der Waals surface area contributed by atoms with E-state index in [-0.39, 0.29) is 18.1 Å². The van der Waals surface area contributed by atoms with E-state index in [0.29, 0.717) is 22.7 Å². The lowest BCUT2D eigenvalue weighted by molar-refractivity contribution is -0.0523. The van der Waals surface area contributed by atoms with E-state index in [4.69, 9.17) is 9.26 Å². The standard InChI is InChI=1S/C19H15F2N5O2/c1-11-5-12(13-7-19(21,27-2)10-22-8-13)6-16(24-11)18-25-17(26-28-18)15-4-3-14(20)9-23-15/h3-6,8-10H,7H2,1-2H3. The predicted octanol–water partition coefficient (Wildman–Crippen LogP) is 3.77. The molecular formula is C19H15F2N5O2. The molecule has 0 fully saturated rings. The molecule has 0 aliphatic carbocycles. The van der Waals surface area contributed by atoms with E-state index in [9.17, 15) is 8.78 Å². The van der Waals surface area contributed by atoms with Crippen molar-refractivity contribution in [3.05, 3.63) is 53.7 Å². The quantitative estimate of drug-likeness (QED) is 0.682. The monoisotopic (exact) mass is 383 g/mol. The summed E-state index contributed by atoms with van der Waals surface area (Å²) in [5, 5.41) is 3.87. The molecule has 142 valence electrons. The number of nitrogens with zero attached hydrogens (tertiary/aromatic N) is 5. The first kappa shape index (κ1) is 18.1. The highest BCUT2D eigenvalue weighted by Crippen LogP contribution is 2.32. The van der Waals surface area contributed by atoms with Crippen molar-refractivity contribution in [2.24, 2.45) is 4.99 Å². The van der Waals surface area contributed by atoms with Gasteiger partial charge in [0, 0.05) is 25.4 Å². The zero-order valence-corrected chi connectivity index (χ0v) is 15.1. The lowest BCUT2D eigenvalue weighted by atomic mass is 9.97. The zero-order valence-electron chi connectivity index (χ0n) is 15.1. The summed E-state index contributed by atoms with van der Waals surface area (Å²) in [5.74, 6) is -2.03. The topological polar surface area (TPSA) is 86.3 Å².